The zero-order chi connectivity index (χ0) is 21.6. The fourth-order valence-corrected chi connectivity index (χ4v) is 4.00. The van der Waals surface area contributed by atoms with Crippen molar-refractivity contribution < 1.29 is 9.53 Å². The molecule has 1 heterocycles. The van der Waals surface area contributed by atoms with Gasteiger partial charge in [0.1, 0.15) is 12.4 Å². The summed E-state index contributed by atoms with van der Waals surface area (Å²) in [6, 6.07) is 22.8. The minimum absolute atomic E-state index is 0.0692. The van der Waals surface area contributed by atoms with E-state index in [0.717, 1.165) is 41.5 Å². The van der Waals surface area contributed by atoms with Gasteiger partial charge in [0.2, 0.25) is 0 Å². The molecule has 1 aliphatic rings. The number of carbonyl (C=O) groups is 1. The second-order valence-corrected chi connectivity index (χ2v) is 8.45. The largest absolute Gasteiger partial charge is 0.489 e. The number of ether oxygens (including phenoxy) is 1. The normalized spacial score (nSPS) is 14.5. The Hall–Kier alpha value is -2.53. The van der Waals surface area contributed by atoms with E-state index in [1.807, 2.05) is 65.6 Å². The van der Waals surface area contributed by atoms with Crippen LogP contribution in [0.25, 0.3) is 0 Å². The van der Waals surface area contributed by atoms with Crippen molar-refractivity contribution >= 4 is 29.1 Å². The van der Waals surface area contributed by atoms with Gasteiger partial charge in [-0.2, -0.15) is 0 Å². The van der Waals surface area contributed by atoms with E-state index in [0.29, 0.717) is 30.3 Å². The topological polar surface area (TPSA) is 32.8 Å². The summed E-state index contributed by atoms with van der Waals surface area (Å²) in [6.07, 6.45) is 0. The molecule has 3 aromatic carbocycles. The molecular formula is C25H24Cl2N2O2. The third-order valence-electron chi connectivity index (χ3n) is 5.41. The SMILES string of the molecule is O=C(c1ccc(COc2cccc(Cl)c2)cc1)N1CCN(Cc2ccccc2Cl)CC1. The van der Waals surface area contributed by atoms with Gasteiger partial charge in [-0.1, -0.05) is 59.6 Å². The lowest BCUT2D eigenvalue weighted by Gasteiger charge is -2.35. The molecule has 0 spiro atoms. The highest BCUT2D eigenvalue weighted by atomic mass is 35.5. The lowest BCUT2D eigenvalue weighted by Crippen LogP contribution is -2.48. The third-order valence-corrected chi connectivity index (χ3v) is 6.02. The van der Waals surface area contributed by atoms with Crippen LogP contribution >= 0.6 is 23.2 Å². The lowest BCUT2D eigenvalue weighted by molar-refractivity contribution is 0.0628. The molecule has 1 saturated heterocycles. The van der Waals surface area contributed by atoms with Gasteiger partial charge >= 0.3 is 0 Å². The quantitative estimate of drug-likeness (QED) is 0.490. The number of piperazine rings is 1. The molecule has 0 aromatic heterocycles. The Morgan fingerprint density at radius 2 is 1.61 bits per heavy atom. The molecule has 0 bridgehead atoms. The van der Waals surface area contributed by atoms with Crippen LogP contribution in [0.4, 0.5) is 0 Å². The second kappa shape index (κ2) is 10.2. The Morgan fingerprint density at radius 1 is 0.871 bits per heavy atom. The maximum Gasteiger partial charge on any atom is 0.253 e. The molecule has 31 heavy (non-hydrogen) atoms. The van der Waals surface area contributed by atoms with Gasteiger partial charge in [0.15, 0.2) is 0 Å². The number of hydrogen-bond donors (Lipinski definition) is 0. The molecule has 0 N–H and O–H groups in total. The van der Waals surface area contributed by atoms with Crippen LogP contribution in [0.2, 0.25) is 10.0 Å². The van der Waals surface area contributed by atoms with Crippen molar-refractivity contribution in [3.8, 4) is 5.75 Å². The van der Waals surface area contributed by atoms with Gasteiger partial charge in [0, 0.05) is 48.3 Å². The molecular weight excluding hydrogens is 431 g/mol. The van der Waals surface area contributed by atoms with Gasteiger partial charge in [-0.05, 0) is 47.5 Å². The first kappa shape index (κ1) is 21.7. The van der Waals surface area contributed by atoms with Crippen LogP contribution in [0.1, 0.15) is 21.5 Å². The van der Waals surface area contributed by atoms with Crippen LogP contribution < -0.4 is 4.74 Å². The molecule has 0 atom stereocenters. The predicted molar refractivity (Wildman–Crippen MR) is 125 cm³/mol. The average Bonchev–Trinajstić information content (AvgIpc) is 2.80. The number of rotatable bonds is 6. The van der Waals surface area contributed by atoms with Crippen molar-refractivity contribution in [3.63, 3.8) is 0 Å². The van der Waals surface area contributed by atoms with E-state index < -0.39 is 0 Å². The second-order valence-electron chi connectivity index (χ2n) is 7.60. The lowest BCUT2D eigenvalue weighted by atomic mass is 10.1. The van der Waals surface area contributed by atoms with Crippen LogP contribution in [0.5, 0.6) is 5.75 Å². The molecule has 6 heteroatoms. The van der Waals surface area contributed by atoms with Crippen molar-refractivity contribution in [1.29, 1.82) is 0 Å². The van der Waals surface area contributed by atoms with Crippen LogP contribution in [-0.2, 0) is 13.2 Å². The van der Waals surface area contributed by atoms with Gasteiger partial charge < -0.3 is 9.64 Å². The molecule has 4 nitrogen and oxygen atoms in total. The van der Waals surface area contributed by atoms with E-state index in [1.165, 1.54) is 0 Å². The van der Waals surface area contributed by atoms with E-state index in [-0.39, 0.29) is 5.91 Å². The van der Waals surface area contributed by atoms with Crippen molar-refractivity contribution in [1.82, 2.24) is 9.80 Å². The molecule has 1 fully saturated rings. The maximum absolute atomic E-state index is 12.9. The summed E-state index contributed by atoms with van der Waals surface area (Å²) < 4.78 is 5.76. The van der Waals surface area contributed by atoms with Crippen molar-refractivity contribution in [2.75, 3.05) is 26.2 Å². The number of nitrogens with zero attached hydrogens (tertiary/aromatic N) is 2. The van der Waals surface area contributed by atoms with Gasteiger partial charge in [0.05, 0.1) is 0 Å². The Kier molecular flexibility index (Phi) is 7.13. The molecule has 1 amide bonds. The number of halogens is 2. The third kappa shape index (κ3) is 5.79. The molecule has 0 unspecified atom stereocenters. The predicted octanol–water partition coefficient (Wildman–Crippen LogP) is 5.53. The highest BCUT2D eigenvalue weighted by Gasteiger charge is 2.22. The standard InChI is InChI=1S/C25H24Cl2N2O2/c26-22-5-3-6-23(16-22)31-18-19-8-10-20(11-9-19)25(30)29-14-12-28(13-15-29)17-21-4-1-2-7-24(21)27/h1-11,16H,12-15,17-18H2. The molecule has 160 valence electrons. The molecule has 0 saturated carbocycles. The average molecular weight is 455 g/mol. The van der Waals surface area contributed by atoms with E-state index in [4.69, 9.17) is 27.9 Å². The Labute approximate surface area is 192 Å². The van der Waals surface area contributed by atoms with Gasteiger partial charge in [-0.3, -0.25) is 9.69 Å². The first-order valence-electron chi connectivity index (χ1n) is 10.3. The highest BCUT2D eigenvalue weighted by Crippen LogP contribution is 2.20. The van der Waals surface area contributed by atoms with Crippen molar-refractivity contribution in [2.45, 2.75) is 13.2 Å². The summed E-state index contributed by atoms with van der Waals surface area (Å²) in [6.45, 7) is 4.33. The summed E-state index contributed by atoms with van der Waals surface area (Å²) in [5, 5.41) is 1.44. The number of benzene rings is 3. The summed E-state index contributed by atoms with van der Waals surface area (Å²) in [7, 11) is 0. The molecule has 4 rings (SSSR count). The summed E-state index contributed by atoms with van der Waals surface area (Å²) in [5.74, 6) is 0.794. The molecule has 0 aliphatic carbocycles. The first-order chi connectivity index (χ1) is 15.1. The van der Waals surface area contributed by atoms with Crippen LogP contribution in [-0.4, -0.2) is 41.9 Å². The first-order valence-corrected chi connectivity index (χ1v) is 11.1. The zero-order valence-electron chi connectivity index (χ0n) is 17.1. The van der Waals surface area contributed by atoms with Gasteiger partial charge in [-0.15, -0.1) is 0 Å². The van der Waals surface area contributed by atoms with Crippen molar-refractivity contribution in [3.05, 3.63) is 99.5 Å². The zero-order valence-corrected chi connectivity index (χ0v) is 18.6. The summed E-state index contributed by atoms with van der Waals surface area (Å²) in [4.78, 5) is 17.1. The van der Waals surface area contributed by atoms with Crippen molar-refractivity contribution in [2.24, 2.45) is 0 Å². The Morgan fingerprint density at radius 3 is 2.32 bits per heavy atom. The molecule has 0 radical (unpaired) electrons. The number of carbonyl (C=O) groups excluding carboxylic acids is 1. The van der Waals surface area contributed by atoms with Gasteiger partial charge in [-0.25, -0.2) is 0 Å². The summed E-state index contributed by atoms with van der Waals surface area (Å²) in [5.41, 5.74) is 2.83. The Balaban J connectivity index is 1.28. The Bertz CT molecular complexity index is 1030. The highest BCUT2D eigenvalue weighted by molar-refractivity contribution is 6.31. The van der Waals surface area contributed by atoms with Crippen LogP contribution in [0.3, 0.4) is 0 Å². The van der Waals surface area contributed by atoms with E-state index in [9.17, 15) is 4.79 Å². The van der Waals surface area contributed by atoms with E-state index in [1.54, 1.807) is 6.07 Å². The minimum atomic E-state index is 0.0692. The number of amides is 1. The number of hydrogen-bond acceptors (Lipinski definition) is 3. The van der Waals surface area contributed by atoms with Crippen LogP contribution in [0.15, 0.2) is 72.8 Å². The molecule has 1 aliphatic heterocycles. The fourth-order valence-electron chi connectivity index (χ4n) is 3.63. The minimum Gasteiger partial charge on any atom is -0.489 e. The van der Waals surface area contributed by atoms with Gasteiger partial charge in [0.25, 0.3) is 5.91 Å². The maximum atomic E-state index is 12.9. The monoisotopic (exact) mass is 454 g/mol. The molecule has 3 aromatic rings. The smallest absolute Gasteiger partial charge is 0.253 e. The van der Waals surface area contributed by atoms with Crippen LogP contribution in [0, 0.1) is 0 Å². The van der Waals surface area contributed by atoms with E-state index >= 15 is 0 Å². The summed E-state index contributed by atoms with van der Waals surface area (Å²) >= 11 is 12.3. The van der Waals surface area contributed by atoms with E-state index in [2.05, 4.69) is 11.0 Å². The fraction of sp³-hybridized carbons (Fsp3) is 0.240.